The fourth-order valence-corrected chi connectivity index (χ4v) is 17.4. The molecule has 0 radical (unpaired) electrons. The molecule has 0 N–H and O–H groups in total. The van der Waals surface area contributed by atoms with Crippen molar-refractivity contribution in [1.82, 2.24) is 0 Å². The molecule has 2 saturated carbocycles. The van der Waals surface area contributed by atoms with Crippen molar-refractivity contribution in [2.45, 2.75) is 174 Å². The summed E-state index contributed by atoms with van der Waals surface area (Å²) in [4.78, 5) is 0. The summed E-state index contributed by atoms with van der Waals surface area (Å²) in [5.74, 6) is 1.55. The maximum absolute atomic E-state index is 2.62. The minimum absolute atomic E-state index is 0. The smallest absolute Gasteiger partial charge is 0.358 e. The molecular weight excluding hydrogens is 550 g/mol. The van der Waals surface area contributed by atoms with E-state index in [2.05, 4.69) is 114 Å². The van der Waals surface area contributed by atoms with Crippen LogP contribution in [0.15, 0.2) is 24.3 Å². The molecule has 0 spiro atoms. The summed E-state index contributed by atoms with van der Waals surface area (Å²) in [5.41, 5.74) is 2.50. The molecule has 2 aliphatic rings. The zero-order valence-corrected chi connectivity index (χ0v) is 31.8. The van der Waals surface area contributed by atoms with E-state index in [-0.39, 0.29) is 47.8 Å². The molecule has 0 saturated heterocycles. The second-order valence-corrected chi connectivity index (χ2v) is 23.7. The van der Waals surface area contributed by atoms with Crippen molar-refractivity contribution in [3.05, 3.63) is 44.7 Å². The monoisotopic (exact) mass is 618 g/mol. The van der Waals surface area contributed by atoms with Gasteiger partial charge in [0.05, 0.1) is 0 Å². The molecule has 0 nitrogen and oxygen atoms in total. The van der Waals surface area contributed by atoms with Crippen LogP contribution < -0.4 is 5.30 Å². The summed E-state index contributed by atoms with van der Waals surface area (Å²) in [5, 5.41) is 3.10. The van der Waals surface area contributed by atoms with Gasteiger partial charge in [0.25, 0.3) is 0 Å². The Balaban J connectivity index is 0. The van der Waals surface area contributed by atoms with E-state index >= 15 is 0 Å². The summed E-state index contributed by atoms with van der Waals surface area (Å²) >= 11 is 0. The minimum Gasteiger partial charge on any atom is -0.358 e. The molecule has 2 aliphatic carbocycles. The van der Waals surface area contributed by atoms with Crippen molar-refractivity contribution >= 4 is 21.1 Å². The number of hydrogen-bond acceptors (Lipinski definition) is 0. The summed E-state index contributed by atoms with van der Waals surface area (Å²) in [6, 6.07) is 9.62. The van der Waals surface area contributed by atoms with Gasteiger partial charge in [0.2, 0.25) is 0 Å². The van der Waals surface area contributed by atoms with Gasteiger partial charge in [0.15, 0.2) is 0 Å². The predicted molar refractivity (Wildman–Crippen MR) is 184 cm³/mol. The van der Waals surface area contributed by atoms with Crippen molar-refractivity contribution in [3.63, 3.8) is 0 Å². The molecule has 2 fully saturated rings. The Hall–Kier alpha value is 0.599. The molecule has 39 heavy (non-hydrogen) atoms. The van der Waals surface area contributed by atoms with Gasteiger partial charge in [-0.25, -0.2) is 0 Å². The zero-order valence-electron chi connectivity index (χ0n) is 28.9. The van der Waals surface area contributed by atoms with Crippen LogP contribution in [0.4, 0.5) is 0 Å². The average Bonchev–Trinajstić information content (AvgIpc) is 3.39. The van der Waals surface area contributed by atoms with E-state index in [1.165, 1.54) is 51.4 Å². The second-order valence-electron chi connectivity index (χ2n) is 15.7. The van der Waals surface area contributed by atoms with Crippen molar-refractivity contribution in [2.24, 2.45) is 5.92 Å². The predicted octanol–water partition coefficient (Wildman–Crippen LogP) is 12.6. The molecule has 1 aromatic carbocycles. The fraction of sp³-hybridized carbons (Fsp3) is 0.778. The van der Waals surface area contributed by atoms with Gasteiger partial charge in [-0.3, -0.25) is 0 Å². The first-order valence-electron chi connectivity index (χ1n) is 15.1. The molecule has 0 bridgehead atoms. The number of rotatable bonds is 4. The van der Waals surface area contributed by atoms with Gasteiger partial charge in [0, 0.05) is 0 Å². The van der Waals surface area contributed by atoms with Crippen LogP contribution >= 0.6 is 15.8 Å². The molecule has 0 amide bonds. The SMILES string of the molecule is C1CCCC1.C[C@H](C1CCCC1c1ccccc1P(C(C)(C)C)C(C)(C)C)P(C(C)(C)C)C(C)(C)C.[CH3-].[CH3-].[Fe+2]. The third kappa shape index (κ3) is 11.7. The molecule has 0 aliphatic heterocycles. The largest absolute Gasteiger partial charge is 2.00 e. The number of hydrogen-bond donors (Lipinski definition) is 0. The van der Waals surface area contributed by atoms with E-state index in [0.717, 1.165) is 17.5 Å². The Morgan fingerprint density at radius 1 is 0.615 bits per heavy atom. The summed E-state index contributed by atoms with van der Waals surface area (Å²) in [7, 11) is -0.365. The first-order chi connectivity index (χ1) is 16.4. The van der Waals surface area contributed by atoms with Crippen LogP contribution in [0, 0.1) is 20.8 Å². The van der Waals surface area contributed by atoms with Gasteiger partial charge in [-0.1, -0.05) is 169 Å². The Bertz CT molecular complexity index is 763. The molecular formula is C36H68FeP2. The summed E-state index contributed by atoms with van der Waals surface area (Å²) in [6.07, 6.45) is 11.7. The second kappa shape index (κ2) is 16.4. The Morgan fingerprint density at radius 3 is 1.41 bits per heavy atom. The third-order valence-corrected chi connectivity index (χ3v) is 15.9. The van der Waals surface area contributed by atoms with Crippen LogP contribution in [0.3, 0.4) is 0 Å². The van der Waals surface area contributed by atoms with Gasteiger partial charge >= 0.3 is 17.1 Å². The van der Waals surface area contributed by atoms with E-state index in [9.17, 15) is 0 Å². The third-order valence-electron chi connectivity index (χ3n) is 8.21. The van der Waals surface area contributed by atoms with Crippen molar-refractivity contribution < 1.29 is 17.1 Å². The standard InChI is InChI=1S/C29H52P2.C5H10.2CH3.Fe/c1-21(30(26(2,3)4)27(5,6)7)22-18-16-19-23(22)24-17-14-15-20-25(24)31(28(8,9)10)29(11,12)13;1-2-4-5-3-1;;;/h14-15,17,20-23H,16,18-19H2,1-13H3;1-5H2;2*1H3;/q;;2*-1;+2/t21-,22?,23?;;;;/m1..../s1. The van der Waals surface area contributed by atoms with Crippen LogP contribution in [0.1, 0.15) is 153 Å². The first-order valence-corrected chi connectivity index (χ1v) is 17.8. The van der Waals surface area contributed by atoms with Gasteiger partial charge in [-0.05, 0) is 61.8 Å². The van der Waals surface area contributed by atoms with E-state index in [1.54, 1.807) is 10.9 Å². The minimum atomic E-state index is -0.268. The van der Waals surface area contributed by atoms with Crippen molar-refractivity contribution in [2.75, 3.05) is 0 Å². The molecule has 3 heteroatoms. The maximum atomic E-state index is 2.62. The molecule has 1 aromatic rings. The maximum Gasteiger partial charge on any atom is 2.00 e. The fourth-order valence-electron chi connectivity index (χ4n) is 7.99. The molecule has 2 unspecified atom stereocenters. The van der Waals surface area contributed by atoms with Gasteiger partial charge in [-0.2, -0.15) is 0 Å². The normalized spacial score (nSPS) is 20.9. The van der Waals surface area contributed by atoms with E-state index in [1.807, 2.05) is 0 Å². The van der Waals surface area contributed by atoms with Crippen LogP contribution in [-0.2, 0) is 17.1 Å². The Morgan fingerprint density at radius 2 is 1.03 bits per heavy atom. The summed E-state index contributed by atoms with van der Waals surface area (Å²) < 4.78 is 0. The molecule has 3 rings (SSSR count). The van der Waals surface area contributed by atoms with Crippen LogP contribution in [0.5, 0.6) is 0 Å². The van der Waals surface area contributed by atoms with Gasteiger partial charge in [-0.15, -0.1) is 0 Å². The van der Waals surface area contributed by atoms with Gasteiger partial charge < -0.3 is 14.9 Å². The van der Waals surface area contributed by atoms with Crippen molar-refractivity contribution in [1.29, 1.82) is 0 Å². The van der Waals surface area contributed by atoms with Crippen LogP contribution in [0.2, 0.25) is 0 Å². The van der Waals surface area contributed by atoms with Crippen LogP contribution in [0.25, 0.3) is 0 Å². The van der Waals surface area contributed by atoms with Gasteiger partial charge in [0.1, 0.15) is 0 Å². The topological polar surface area (TPSA) is 0 Å². The molecule has 0 aromatic heterocycles. The van der Waals surface area contributed by atoms with E-state index in [0.29, 0.717) is 20.6 Å². The Labute approximate surface area is 261 Å². The Kier molecular flexibility index (Phi) is 17.6. The van der Waals surface area contributed by atoms with E-state index < -0.39 is 0 Å². The molecule has 3 atom stereocenters. The quantitative estimate of drug-likeness (QED) is 0.179. The van der Waals surface area contributed by atoms with Crippen molar-refractivity contribution in [3.8, 4) is 0 Å². The van der Waals surface area contributed by atoms with E-state index in [4.69, 9.17) is 0 Å². The molecule has 0 heterocycles. The number of benzene rings is 1. The summed E-state index contributed by atoms with van der Waals surface area (Å²) in [6.45, 7) is 32.4. The molecule has 230 valence electrons. The first kappa shape index (κ1) is 41.7. The van der Waals surface area contributed by atoms with Crippen LogP contribution in [-0.4, -0.2) is 26.3 Å². The average molecular weight is 619 g/mol. The zero-order chi connectivity index (χ0) is 27.5.